The number of guanidine groups is 1. The first kappa shape index (κ1) is 22.2. The van der Waals surface area contributed by atoms with E-state index in [4.69, 9.17) is 0 Å². The van der Waals surface area contributed by atoms with Gasteiger partial charge in [-0.1, -0.05) is 24.3 Å². The van der Waals surface area contributed by atoms with E-state index in [9.17, 15) is 8.42 Å². The second-order valence-electron chi connectivity index (χ2n) is 6.71. The van der Waals surface area contributed by atoms with E-state index in [1.54, 1.807) is 7.05 Å². The summed E-state index contributed by atoms with van der Waals surface area (Å²) in [5, 5.41) is 6.67. The van der Waals surface area contributed by atoms with E-state index < -0.39 is 9.84 Å². The number of aryl methyl sites for hydroxylation is 1. The molecule has 0 bridgehead atoms. The smallest absolute Gasteiger partial charge is 0.191 e. The Kier molecular flexibility index (Phi) is 9.20. The van der Waals surface area contributed by atoms with Crippen LogP contribution in [0.2, 0.25) is 0 Å². The average Bonchev–Trinajstić information content (AvgIpc) is 2.56. The number of halogens is 1. The van der Waals surface area contributed by atoms with Crippen molar-refractivity contribution in [3.8, 4) is 0 Å². The molecule has 25 heavy (non-hydrogen) atoms. The number of hydrogen-bond donors (Lipinski definition) is 2. The van der Waals surface area contributed by atoms with Crippen LogP contribution in [0.4, 0.5) is 0 Å². The molecule has 5 nitrogen and oxygen atoms in total. The number of nitrogens with one attached hydrogen (secondary N) is 2. The molecule has 0 radical (unpaired) electrons. The van der Waals surface area contributed by atoms with Crippen molar-refractivity contribution in [2.45, 2.75) is 44.6 Å². The Balaban J connectivity index is 0.00000312. The molecule has 2 N–H and O–H groups in total. The quantitative estimate of drug-likeness (QED) is 0.374. The summed E-state index contributed by atoms with van der Waals surface area (Å²) in [5.41, 5.74) is 2.90. The highest BCUT2D eigenvalue weighted by molar-refractivity contribution is 14.0. The number of benzene rings is 1. The number of nitrogens with zero attached hydrogens (tertiary/aromatic N) is 1. The van der Waals surface area contributed by atoms with Crippen molar-refractivity contribution >= 4 is 39.8 Å². The molecule has 2 rings (SSSR count). The van der Waals surface area contributed by atoms with Crippen molar-refractivity contribution in [1.29, 1.82) is 0 Å². The first-order valence-corrected chi connectivity index (χ1v) is 10.7. The van der Waals surface area contributed by atoms with E-state index >= 15 is 0 Å². The van der Waals surface area contributed by atoms with Crippen LogP contribution in [0.15, 0.2) is 29.3 Å². The lowest BCUT2D eigenvalue weighted by Crippen LogP contribution is -2.44. The molecule has 1 aromatic rings. The summed E-state index contributed by atoms with van der Waals surface area (Å²) in [5.74, 6) is 1.42. The lowest BCUT2D eigenvalue weighted by atomic mass is 9.83. The zero-order valence-corrected chi connectivity index (χ0v) is 18.4. The number of aliphatic imine (C=N–C) groups is 1. The van der Waals surface area contributed by atoms with Crippen molar-refractivity contribution in [3.63, 3.8) is 0 Å². The SMILES string of the molecule is CN=C(NCC1CCCc2ccccc21)NC(C)CCS(C)(=O)=O.I. The van der Waals surface area contributed by atoms with Gasteiger partial charge in [-0.2, -0.15) is 0 Å². The molecule has 1 aromatic carbocycles. The highest BCUT2D eigenvalue weighted by Gasteiger charge is 2.20. The molecular formula is C18H30IN3O2S. The number of hydrogen-bond acceptors (Lipinski definition) is 3. The largest absolute Gasteiger partial charge is 0.356 e. The monoisotopic (exact) mass is 479 g/mol. The zero-order chi connectivity index (χ0) is 17.6. The number of rotatable bonds is 6. The van der Waals surface area contributed by atoms with E-state index in [-0.39, 0.29) is 35.8 Å². The second kappa shape index (κ2) is 10.4. The van der Waals surface area contributed by atoms with Crippen LogP contribution in [0.1, 0.15) is 43.2 Å². The van der Waals surface area contributed by atoms with Crippen LogP contribution in [0.25, 0.3) is 0 Å². The number of sulfone groups is 1. The molecule has 0 saturated carbocycles. The van der Waals surface area contributed by atoms with Gasteiger partial charge in [0.05, 0.1) is 5.75 Å². The normalized spacial score (nSPS) is 18.7. The number of fused-ring (bicyclic) bond motifs is 1. The van der Waals surface area contributed by atoms with E-state index in [0.717, 1.165) is 12.5 Å². The van der Waals surface area contributed by atoms with Gasteiger partial charge in [-0.05, 0) is 43.7 Å². The molecule has 0 heterocycles. The molecule has 0 fully saturated rings. The Bertz CT molecular complexity index is 677. The molecule has 1 aliphatic carbocycles. The summed E-state index contributed by atoms with van der Waals surface area (Å²) < 4.78 is 22.5. The van der Waals surface area contributed by atoms with E-state index in [2.05, 4.69) is 39.9 Å². The maximum absolute atomic E-state index is 11.3. The second-order valence-corrected chi connectivity index (χ2v) is 8.96. The van der Waals surface area contributed by atoms with Crippen molar-refractivity contribution in [3.05, 3.63) is 35.4 Å². The van der Waals surface area contributed by atoms with Gasteiger partial charge in [0.2, 0.25) is 0 Å². The van der Waals surface area contributed by atoms with Gasteiger partial charge in [0, 0.05) is 31.8 Å². The fourth-order valence-corrected chi connectivity index (χ4v) is 3.96. The van der Waals surface area contributed by atoms with Crippen molar-refractivity contribution in [2.24, 2.45) is 4.99 Å². The predicted octanol–water partition coefficient (Wildman–Crippen LogP) is 2.71. The Morgan fingerprint density at radius 3 is 2.76 bits per heavy atom. The van der Waals surface area contributed by atoms with Gasteiger partial charge in [-0.15, -0.1) is 24.0 Å². The van der Waals surface area contributed by atoms with Crippen molar-refractivity contribution < 1.29 is 8.42 Å². The maximum atomic E-state index is 11.3. The average molecular weight is 479 g/mol. The van der Waals surface area contributed by atoms with Crippen molar-refractivity contribution in [2.75, 3.05) is 25.6 Å². The Labute approximate surface area is 169 Å². The van der Waals surface area contributed by atoms with Gasteiger partial charge < -0.3 is 10.6 Å². The van der Waals surface area contributed by atoms with Gasteiger partial charge in [0.1, 0.15) is 9.84 Å². The molecule has 142 valence electrons. The topological polar surface area (TPSA) is 70.6 Å². The summed E-state index contributed by atoms with van der Waals surface area (Å²) in [6, 6.07) is 8.73. The molecular weight excluding hydrogens is 449 g/mol. The summed E-state index contributed by atoms with van der Waals surface area (Å²) >= 11 is 0. The molecule has 1 aliphatic rings. The third kappa shape index (κ3) is 7.52. The molecule has 2 unspecified atom stereocenters. The van der Waals surface area contributed by atoms with Gasteiger partial charge in [0.15, 0.2) is 5.96 Å². The van der Waals surface area contributed by atoms with Gasteiger partial charge in [-0.25, -0.2) is 8.42 Å². The van der Waals surface area contributed by atoms with Crippen LogP contribution >= 0.6 is 24.0 Å². The van der Waals surface area contributed by atoms with Crippen LogP contribution in [0.3, 0.4) is 0 Å². The molecule has 2 atom stereocenters. The molecule has 0 amide bonds. The van der Waals surface area contributed by atoms with Crippen LogP contribution in [-0.2, 0) is 16.3 Å². The van der Waals surface area contributed by atoms with E-state index in [1.165, 1.54) is 36.6 Å². The lowest BCUT2D eigenvalue weighted by molar-refractivity contribution is 0.534. The minimum Gasteiger partial charge on any atom is -0.356 e. The van der Waals surface area contributed by atoms with Gasteiger partial charge >= 0.3 is 0 Å². The lowest BCUT2D eigenvalue weighted by Gasteiger charge is -2.27. The summed E-state index contributed by atoms with van der Waals surface area (Å²) in [7, 11) is -1.18. The van der Waals surface area contributed by atoms with Crippen LogP contribution in [0, 0.1) is 0 Å². The minimum atomic E-state index is -2.92. The maximum Gasteiger partial charge on any atom is 0.191 e. The van der Waals surface area contributed by atoms with E-state index in [1.807, 2.05) is 6.92 Å². The first-order valence-electron chi connectivity index (χ1n) is 8.61. The fraction of sp³-hybridized carbons (Fsp3) is 0.611. The van der Waals surface area contributed by atoms with Crippen LogP contribution in [-0.4, -0.2) is 46.0 Å². The highest BCUT2D eigenvalue weighted by Crippen LogP contribution is 2.30. The molecule has 0 aromatic heterocycles. The van der Waals surface area contributed by atoms with E-state index in [0.29, 0.717) is 12.3 Å². The Hall–Kier alpha value is -0.830. The minimum absolute atomic E-state index is 0. The van der Waals surface area contributed by atoms with Crippen LogP contribution in [0.5, 0.6) is 0 Å². The third-order valence-corrected chi connectivity index (χ3v) is 5.52. The summed E-state index contributed by atoms with van der Waals surface area (Å²) in [6.07, 6.45) is 5.42. The summed E-state index contributed by atoms with van der Waals surface area (Å²) in [6.45, 7) is 2.82. The first-order chi connectivity index (χ1) is 11.4. The molecule has 0 spiro atoms. The Morgan fingerprint density at radius 2 is 2.08 bits per heavy atom. The highest BCUT2D eigenvalue weighted by atomic mass is 127. The van der Waals surface area contributed by atoms with Gasteiger partial charge in [0.25, 0.3) is 0 Å². The fourth-order valence-electron chi connectivity index (χ4n) is 3.18. The molecule has 7 heteroatoms. The van der Waals surface area contributed by atoms with Crippen molar-refractivity contribution in [1.82, 2.24) is 10.6 Å². The zero-order valence-electron chi connectivity index (χ0n) is 15.3. The van der Waals surface area contributed by atoms with Gasteiger partial charge in [-0.3, -0.25) is 4.99 Å². The Morgan fingerprint density at radius 1 is 1.36 bits per heavy atom. The summed E-state index contributed by atoms with van der Waals surface area (Å²) in [4.78, 5) is 4.26. The standard InChI is InChI=1S/C18H29N3O2S.HI/c1-14(11-12-24(3,22)23)21-18(19-2)20-13-16-9-6-8-15-7-4-5-10-17(15)16;/h4-5,7,10,14,16H,6,8-9,11-13H2,1-3H3,(H2,19,20,21);1H. The third-order valence-electron chi connectivity index (χ3n) is 4.54. The predicted molar refractivity (Wildman–Crippen MR) is 116 cm³/mol. The van der Waals surface area contributed by atoms with Crippen LogP contribution < -0.4 is 10.6 Å². The molecule has 0 aliphatic heterocycles. The molecule has 0 saturated heterocycles.